The molecule has 3 heteroatoms. The zero-order chi connectivity index (χ0) is 9.26. The van der Waals surface area contributed by atoms with Crippen molar-refractivity contribution in [3.8, 4) is 0 Å². The molecule has 0 saturated heterocycles. The summed E-state index contributed by atoms with van der Waals surface area (Å²) >= 11 is 0. The van der Waals surface area contributed by atoms with Crippen LogP contribution in [0.5, 0.6) is 0 Å². The van der Waals surface area contributed by atoms with Gasteiger partial charge in [0, 0.05) is 5.39 Å². The summed E-state index contributed by atoms with van der Waals surface area (Å²) in [6.45, 7) is 2.04. The van der Waals surface area contributed by atoms with Crippen LogP contribution in [0.3, 0.4) is 0 Å². The van der Waals surface area contributed by atoms with Gasteiger partial charge in [-0.15, -0.1) is 0 Å². The van der Waals surface area contributed by atoms with Gasteiger partial charge < -0.3 is 0 Å². The van der Waals surface area contributed by atoms with Crippen molar-refractivity contribution in [3.63, 3.8) is 0 Å². The average Bonchev–Trinajstić information content (AvgIpc) is 2.17. The van der Waals surface area contributed by atoms with Crippen molar-refractivity contribution in [1.29, 1.82) is 0 Å². The zero-order valence-corrected chi connectivity index (χ0v) is 7.37. The molecule has 0 radical (unpaired) electrons. The van der Waals surface area contributed by atoms with Crippen LogP contribution in [-0.4, -0.2) is 10.2 Å². The Hall–Kier alpha value is -1.64. The lowest BCUT2D eigenvalue weighted by molar-refractivity contribution is 1.00. The number of rotatable bonds is 1. The summed E-state index contributed by atoms with van der Waals surface area (Å²) in [6.07, 6.45) is 2.54. The molecule has 0 aliphatic heterocycles. The van der Waals surface area contributed by atoms with Crippen molar-refractivity contribution in [2.75, 3.05) is 0 Å². The summed E-state index contributed by atoms with van der Waals surface area (Å²) < 4.78 is 0. The molecule has 0 fully saturated rings. The summed E-state index contributed by atoms with van der Waals surface area (Å²) in [5.41, 5.74) is 0.969. The van der Waals surface area contributed by atoms with Crippen LogP contribution in [0.4, 0.5) is 0 Å². The fraction of sp³-hybridized carbons (Fsp3) is 0.200. The number of aryl methyl sites for hydroxylation is 1. The predicted molar refractivity (Wildman–Crippen MR) is 51.7 cm³/mol. The molecule has 1 aromatic carbocycles. The molecule has 0 atom stereocenters. The molecular weight excluding hydrogens is 164 g/mol. The molecule has 0 saturated carbocycles. The van der Waals surface area contributed by atoms with E-state index in [4.69, 9.17) is 0 Å². The highest BCUT2D eigenvalue weighted by Gasteiger charge is 2.02. The highest BCUT2D eigenvalue weighted by molar-refractivity contribution is 5.83. The van der Waals surface area contributed by atoms with Gasteiger partial charge in [-0.3, -0.25) is 4.79 Å². The number of hydrogen-bond donors (Lipinski definition) is 1. The molecule has 3 nitrogen and oxygen atoms in total. The third-order valence-corrected chi connectivity index (χ3v) is 2.16. The second-order valence-electron chi connectivity index (χ2n) is 2.93. The largest absolute Gasteiger partial charge is 0.272 e. The van der Waals surface area contributed by atoms with Crippen LogP contribution in [0.2, 0.25) is 0 Å². The first kappa shape index (κ1) is 7.98. The zero-order valence-electron chi connectivity index (χ0n) is 7.37. The van der Waals surface area contributed by atoms with E-state index in [1.54, 1.807) is 6.20 Å². The first-order chi connectivity index (χ1) is 6.33. The van der Waals surface area contributed by atoms with Gasteiger partial charge in [0.05, 0.1) is 11.6 Å². The number of benzene rings is 1. The Kier molecular flexibility index (Phi) is 1.85. The summed E-state index contributed by atoms with van der Waals surface area (Å²) in [7, 11) is 0. The van der Waals surface area contributed by atoms with Crippen molar-refractivity contribution in [1.82, 2.24) is 10.2 Å². The van der Waals surface area contributed by atoms with E-state index in [-0.39, 0.29) is 5.56 Å². The van der Waals surface area contributed by atoms with E-state index >= 15 is 0 Å². The van der Waals surface area contributed by atoms with E-state index in [2.05, 4.69) is 10.2 Å². The molecule has 1 N–H and O–H groups in total. The minimum atomic E-state index is -0.102. The molecule has 0 spiro atoms. The van der Waals surface area contributed by atoms with Crippen LogP contribution in [-0.2, 0) is 6.42 Å². The molecule has 0 aliphatic carbocycles. The second-order valence-corrected chi connectivity index (χ2v) is 2.93. The molecule has 2 rings (SSSR count). The maximum absolute atomic E-state index is 11.4. The Morgan fingerprint density at radius 2 is 2.31 bits per heavy atom. The van der Waals surface area contributed by atoms with Crippen molar-refractivity contribution < 1.29 is 0 Å². The molecule has 2 aromatic rings. The van der Waals surface area contributed by atoms with Gasteiger partial charge >= 0.3 is 0 Å². The lowest BCUT2D eigenvalue weighted by Gasteiger charge is -2.00. The molecular formula is C10H10N2O. The van der Waals surface area contributed by atoms with E-state index in [0.717, 1.165) is 22.8 Å². The number of hydrogen-bond acceptors (Lipinski definition) is 2. The van der Waals surface area contributed by atoms with E-state index in [1.807, 2.05) is 25.1 Å². The van der Waals surface area contributed by atoms with Crippen molar-refractivity contribution in [3.05, 3.63) is 40.3 Å². The summed E-state index contributed by atoms with van der Waals surface area (Å²) in [5.74, 6) is 0. The van der Waals surface area contributed by atoms with Gasteiger partial charge in [0.15, 0.2) is 0 Å². The van der Waals surface area contributed by atoms with Gasteiger partial charge in [0.2, 0.25) is 0 Å². The third-order valence-electron chi connectivity index (χ3n) is 2.16. The van der Waals surface area contributed by atoms with Gasteiger partial charge in [0.1, 0.15) is 0 Å². The monoisotopic (exact) mass is 174 g/mol. The smallest absolute Gasteiger partial charge is 0.267 e. The lowest BCUT2D eigenvalue weighted by Crippen LogP contribution is -2.09. The highest BCUT2D eigenvalue weighted by atomic mass is 16.1. The Labute approximate surface area is 75.4 Å². The van der Waals surface area contributed by atoms with Crippen LogP contribution in [0.25, 0.3) is 10.8 Å². The van der Waals surface area contributed by atoms with Gasteiger partial charge in [-0.05, 0) is 12.0 Å². The minimum absolute atomic E-state index is 0.102. The Balaban J connectivity index is 2.95. The van der Waals surface area contributed by atoms with Crippen LogP contribution in [0.15, 0.2) is 29.2 Å². The summed E-state index contributed by atoms with van der Waals surface area (Å²) in [5, 5.41) is 7.86. The van der Waals surface area contributed by atoms with Gasteiger partial charge in [-0.25, -0.2) is 5.10 Å². The average molecular weight is 174 g/mol. The topological polar surface area (TPSA) is 45.8 Å². The summed E-state index contributed by atoms with van der Waals surface area (Å²) in [4.78, 5) is 11.4. The highest BCUT2D eigenvalue weighted by Crippen LogP contribution is 2.13. The van der Waals surface area contributed by atoms with Crippen LogP contribution in [0, 0.1) is 0 Å². The Morgan fingerprint density at radius 1 is 1.46 bits per heavy atom. The maximum atomic E-state index is 11.4. The molecule has 0 unspecified atom stereocenters. The maximum Gasteiger partial charge on any atom is 0.272 e. The number of nitrogens with zero attached hydrogens (tertiary/aromatic N) is 1. The predicted octanol–water partition coefficient (Wildman–Crippen LogP) is 1.49. The first-order valence-electron chi connectivity index (χ1n) is 4.28. The molecule has 0 bridgehead atoms. The van der Waals surface area contributed by atoms with Crippen molar-refractivity contribution >= 4 is 10.8 Å². The second kappa shape index (κ2) is 3.01. The van der Waals surface area contributed by atoms with Crippen LogP contribution >= 0.6 is 0 Å². The lowest BCUT2D eigenvalue weighted by atomic mass is 10.1. The van der Waals surface area contributed by atoms with Gasteiger partial charge in [0.25, 0.3) is 5.56 Å². The normalized spacial score (nSPS) is 10.5. The van der Waals surface area contributed by atoms with E-state index < -0.39 is 0 Å². The van der Waals surface area contributed by atoms with Gasteiger partial charge in [-0.2, -0.15) is 5.10 Å². The standard InChI is InChI=1S/C10H10N2O/c1-2-7-4-3-5-8-6-11-12-10(13)9(7)8/h3-6H,2H2,1H3,(H,12,13). The first-order valence-corrected chi connectivity index (χ1v) is 4.28. The fourth-order valence-electron chi connectivity index (χ4n) is 1.52. The number of nitrogens with one attached hydrogen (secondary N) is 1. The van der Waals surface area contributed by atoms with Crippen LogP contribution in [0.1, 0.15) is 12.5 Å². The summed E-state index contributed by atoms with van der Waals surface area (Å²) in [6, 6.07) is 5.82. The molecule has 1 aromatic heterocycles. The number of fused-ring (bicyclic) bond motifs is 1. The molecule has 0 amide bonds. The van der Waals surface area contributed by atoms with Crippen LogP contribution < -0.4 is 5.56 Å². The van der Waals surface area contributed by atoms with E-state index in [0.29, 0.717) is 0 Å². The van der Waals surface area contributed by atoms with E-state index in [1.165, 1.54) is 0 Å². The minimum Gasteiger partial charge on any atom is -0.267 e. The fourth-order valence-corrected chi connectivity index (χ4v) is 1.52. The molecule has 1 heterocycles. The molecule has 13 heavy (non-hydrogen) atoms. The molecule has 66 valence electrons. The van der Waals surface area contributed by atoms with Crippen molar-refractivity contribution in [2.24, 2.45) is 0 Å². The molecule has 0 aliphatic rings. The Bertz CT molecular complexity index is 482. The number of aromatic nitrogens is 2. The number of aromatic amines is 1. The van der Waals surface area contributed by atoms with E-state index in [9.17, 15) is 4.79 Å². The SMILES string of the molecule is CCc1cccc2cn[nH]c(=O)c12. The quantitative estimate of drug-likeness (QED) is 0.711. The Morgan fingerprint density at radius 3 is 3.08 bits per heavy atom. The van der Waals surface area contributed by atoms with Crippen molar-refractivity contribution in [2.45, 2.75) is 13.3 Å². The number of H-pyrrole nitrogens is 1. The third kappa shape index (κ3) is 1.22. The van der Waals surface area contributed by atoms with Gasteiger partial charge in [-0.1, -0.05) is 25.1 Å².